The molecule has 3 aromatic rings. The van der Waals surface area contributed by atoms with Gasteiger partial charge in [-0.25, -0.2) is 9.18 Å². The smallest absolute Gasteiger partial charge is 0.329 e. The molecule has 1 N–H and O–H groups in total. The molecule has 0 spiro atoms. The van der Waals surface area contributed by atoms with E-state index in [1.54, 1.807) is 30.3 Å². The molecule has 156 valence electrons. The minimum absolute atomic E-state index is 0.0677. The minimum atomic E-state index is -0.512. The summed E-state index contributed by atoms with van der Waals surface area (Å²) in [6.07, 6.45) is 1.61. The molecule has 1 aliphatic heterocycles. The molecule has 0 unspecified atom stereocenters. The highest BCUT2D eigenvalue weighted by atomic mass is 79.9. The molecule has 5 nitrogen and oxygen atoms in total. The summed E-state index contributed by atoms with van der Waals surface area (Å²) in [4.78, 5) is 26.0. The molecule has 7 heteroatoms. The lowest BCUT2D eigenvalue weighted by Gasteiger charge is -2.11. The van der Waals surface area contributed by atoms with Gasteiger partial charge in [0.1, 0.15) is 23.9 Å². The molecule has 0 bridgehead atoms. The van der Waals surface area contributed by atoms with Crippen LogP contribution in [0, 0.1) is 5.82 Å². The highest BCUT2D eigenvalue weighted by molar-refractivity contribution is 9.10. The largest absolute Gasteiger partial charge is 0.488 e. The lowest BCUT2D eigenvalue weighted by Crippen LogP contribution is -2.30. The van der Waals surface area contributed by atoms with Crippen molar-refractivity contribution in [3.05, 3.63) is 105 Å². The lowest BCUT2D eigenvalue weighted by atomic mass is 10.1. The van der Waals surface area contributed by atoms with E-state index in [9.17, 15) is 14.0 Å². The molecule has 0 saturated carbocycles. The van der Waals surface area contributed by atoms with Gasteiger partial charge in [0.15, 0.2) is 0 Å². The van der Waals surface area contributed by atoms with Crippen LogP contribution in [-0.4, -0.2) is 16.8 Å². The molecule has 1 heterocycles. The Balaban J connectivity index is 1.45. The maximum atomic E-state index is 13.1. The summed E-state index contributed by atoms with van der Waals surface area (Å²) in [5, 5.41) is 2.59. The van der Waals surface area contributed by atoms with Gasteiger partial charge in [-0.15, -0.1) is 0 Å². The topological polar surface area (TPSA) is 58.6 Å². The molecule has 3 aromatic carbocycles. The maximum Gasteiger partial charge on any atom is 0.329 e. The van der Waals surface area contributed by atoms with Crippen LogP contribution in [0.15, 0.2) is 83.0 Å². The third kappa shape index (κ3) is 5.00. The number of carbonyl (C=O) groups is 2. The number of nitrogens with zero attached hydrogens (tertiary/aromatic N) is 1. The average molecular weight is 481 g/mol. The van der Waals surface area contributed by atoms with Crippen LogP contribution in [0.2, 0.25) is 0 Å². The van der Waals surface area contributed by atoms with E-state index in [2.05, 4.69) is 21.2 Å². The highest BCUT2D eigenvalue weighted by Gasteiger charge is 2.33. The first-order chi connectivity index (χ1) is 15.0. The number of urea groups is 1. The number of benzene rings is 3. The first-order valence-corrected chi connectivity index (χ1v) is 10.3. The van der Waals surface area contributed by atoms with E-state index >= 15 is 0 Å². The fourth-order valence-electron chi connectivity index (χ4n) is 3.11. The SMILES string of the molecule is O=C1N/C(=C/c2ccc(OCc3ccccc3)c(Br)c2)C(=O)N1Cc1ccc(F)cc1. The normalized spacial score (nSPS) is 14.8. The summed E-state index contributed by atoms with van der Waals surface area (Å²) < 4.78 is 19.6. The van der Waals surface area contributed by atoms with Crippen molar-refractivity contribution in [2.24, 2.45) is 0 Å². The molecule has 31 heavy (non-hydrogen) atoms. The van der Waals surface area contributed by atoms with Gasteiger partial charge in [-0.1, -0.05) is 48.5 Å². The number of halogens is 2. The van der Waals surface area contributed by atoms with Crippen molar-refractivity contribution in [1.29, 1.82) is 0 Å². The molecule has 3 amide bonds. The van der Waals surface area contributed by atoms with Crippen LogP contribution in [-0.2, 0) is 17.9 Å². The van der Waals surface area contributed by atoms with E-state index in [1.807, 2.05) is 36.4 Å². The third-order valence-electron chi connectivity index (χ3n) is 4.72. The third-order valence-corrected chi connectivity index (χ3v) is 5.34. The van der Waals surface area contributed by atoms with Gasteiger partial charge in [0.05, 0.1) is 11.0 Å². The van der Waals surface area contributed by atoms with Crippen molar-refractivity contribution in [2.75, 3.05) is 0 Å². The lowest BCUT2D eigenvalue weighted by molar-refractivity contribution is -0.123. The fourth-order valence-corrected chi connectivity index (χ4v) is 3.62. The Morgan fingerprint density at radius 2 is 1.71 bits per heavy atom. The van der Waals surface area contributed by atoms with Crippen molar-refractivity contribution in [3.63, 3.8) is 0 Å². The standard InChI is InChI=1S/C24H18BrFN2O3/c25-20-12-18(8-11-22(20)31-15-17-4-2-1-3-5-17)13-21-23(29)28(24(30)27-21)14-16-6-9-19(26)10-7-16/h1-13H,14-15H2,(H,27,30)/b21-13+. The van der Waals surface area contributed by atoms with Gasteiger partial charge in [-0.2, -0.15) is 0 Å². The molecule has 0 atom stereocenters. The predicted octanol–water partition coefficient (Wildman–Crippen LogP) is 5.26. The number of hydrogen-bond acceptors (Lipinski definition) is 3. The summed E-state index contributed by atoms with van der Waals surface area (Å²) >= 11 is 3.49. The van der Waals surface area contributed by atoms with E-state index in [0.29, 0.717) is 17.9 Å². The van der Waals surface area contributed by atoms with Gasteiger partial charge in [-0.05, 0) is 63.0 Å². The fraction of sp³-hybridized carbons (Fsp3) is 0.0833. The number of nitrogens with one attached hydrogen (secondary N) is 1. The molecule has 0 aromatic heterocycles. The number of imide groups is 1. The van der Waals surface area contributed by atoms with Crippen molar-refractivity contribution in [1.82, 2.24) is 10.2 Å². The Morgan fingerprint density at radius 1 is 0.968 bits per heavy atom. The molecule has 1 aliphatic rings. The van der Waals surface area contributed by atoms with E-state index in [-0.39, 0.29) is 18.1 Å². The number of carbonyl (C=O) groups excluding carboxylic acids is 2. The molecule has 4 rings (SSSR count). The maximum absolute atomic E-state index is 13.1. The number of rotatable bonds is 6. The molecular formula is C24H18BrFN2O3. The Hall–Kier alpha value is -3.45. The zero-order valence-electron chi connectivity index (χ0n) is 16.3. The summed E-state index contributed by atoms with van der Waals surface area (Å²) in [6.45, 7) is 0.505. The van der Waals surface area contributed by atoms with Gasteiger partial charge in [0, 0.05) is 0 Å². The van der Waals surface area contributed by atoms with Crippen LogP contribution in [0.5, 0.6) is 5.75 Å². The van der Waals surface area contributed by atoms with Crippen LogP contribution in [0.3, 0.4) is 0 Å². The Bertz CT molecular complexity index is 1150. The van der Waals surface area contributed by atoms with E-state index in [0.717, 1.165) is 20.5 Å². The molecule has 1 fully saturated rings. The second kappa shape index (κ2) is 9.14. The minimum Gasteiger partial charge on any atom is -0.488 e. The van der Waals surface area contributed by atoms with Gasteiger partial charge >= 0.3 is 6.03 Å². The van der Waals surface area contributed by atoms with Crippen LogP contribution >= 0.6 is 15.9 Å². The Labute approximate surface area is 187 Å². The molecule has 0 radical (unpaired) electrons. The summed E-state index contributed by atoms with van der Waals surface area (Å²) in [5.41, 5.74) is 2.62. The second-order valence-electron chi connectivity index (χ2n) is 6.97. The van der Waals surface area contributed by atoms with E-state index < -0.39 is 11.9 Å². The van der Waals surface area contributed by atoms with Crippen LogP contribution in [0.25, 0.3) is 6.08 Å². The summed E-state index contributed by atoms with van der Waals surface area (Å²) in [6, 6.07) is 20.4. The predicted molar refractivity (Wildman–Crippen MR) is 118 cm³/mol. The van der Waals surface area contributed by atoms with Gasteiger partial charge < -0.3 is 10.1 Å². The molecule has 0 aliphatic carbocycles. The van der Waals surface area contributed by atoms with Crippen molar-refractivity contribution >= 4 is 33.9 Å². The highest BCUT2D eigenvalue weighted by Crippen LogP contribution is 2.28. The summed E-state index contributed by atoms with van der Waals surface area (Å²) in [5.74, 6) is -0.135. The van der Waals surface area contributed by atoms with Crippen molar-refractivity contribution in [2.45, 2.75) is 13.2 Å². The molecular weight excluding hydrogens is 463 g/mol. The van der Waals surface area contributed by atoms with E-state index in [4.69, 9.17) is 4.74 Å². The van der Waals surface area contributed by atoms with Crippen LogP contribution in [0.1, 0.15) is 16.7 Å². The van der Waals surface area contributed by atoms with Gasteiger partial charge in [0.25, 0.3) is 5.91 Å². The average Bonchev–Trinajstić information content (AvgIpc) is 3.03. The van der Waals surface area contributed by atoms with Crippen molar-refractivity contribution < 1.29 is 18.7 Å². The zero-order chi connectivity index (χ0) is 21.8. The zero-order valence-corrected chi connectivity index (χ0v) is 17.9. The quantitative estimate of drug-likeness (QED) is 0.386. The number of amides is 3. The second-order valence-corrected chi connectivity index (χ2v) is 7.82. The number of hydrogen-bond donors (Lipinski definition) is 1. The molecule has 1 saturated heterocycles. The summed E-state index contributed by atoms with van der Waals surface area (Å²) in [7, 11) is 0. The first-order valence-electron chi connectivity index (χ1n) is 9.55. The van der Waals surface area contributed by atoms with Gasteiger partial charge in [0.2, 0.25) is 0 Å². The Morgan fingerprint density at radius 3 is 2.42 bits per heavy atom. The van der Waals surface area contributed by atoms with Crippen LogP contribution < -0.4 is 10.1 Å². The first kappa shape index (κ1) is 20.8. The van der Waals surface area contributed by atoms with Crippen LogP contribution in [0.4, 0.5) is 9.18 Å². The number of ether oxygens (including phenoxy) is 1. The Kier molecular flexibility index (Phi) is 6.13. The van der Waals surface area contributed by atoms with Gasteiger partial charge in [-0.3, -0.25) is 9.69 Å². The van der Waals surface area contributed by atoms with Crippen molar-refractivity contribution in [3.8, 4) is 5.75 Å². The monoisotopic (exact) mass is 480 g/mol. The van der Waals surface area contributed by atoms with E-state index in [1.165, 1.54) is 12.1 Å².